The maximum Gasteiger partial charge on any atom is 0.225 e. The molecule has 0 unspecified atom stereocenters. The molecule has 4 nitrogen and oxygen atoms in total. The van der Waals surface area contributed by atoms with E-state index in [1.807, 2.05) is 48.5 Å². The van der Waals surface area contributed by atoms with Crippen LogP contribution >= 0.6 is 11.3 Å². The van der Waals surface area contributed by atoms with Gasteiger partial charge in [0.2, 0.25) is 5.91 Å². The molecule has 2 heterocycles. The SMILES string of the molecule is C#CCOc1ccc([C@H]2CC(=O)Nc3c(-c4ccc(OC)cc4)csc32)cc1. The summed E-state index contributed by atoms with van der Waals surface area (Å²) in [5.41, 5.74) is 4.09. The summed E-state index contributed by atoms with van der Waals surface area (Å²) >= 11 is 1.68. The Morgan fingerprint density at radius 3 is 2.54 bits per heavy atom. The summed E-state index contributed by atoms with van der Waals surface area (Å²) in [5, 5.41) is 5.17. The number of hydrogen-bond acceptors (Lipinski definition) is 4. The van der Waals surface area contributed by atoms with Crippen molar-refractivity contribution < 1.29 is 14.3 Å². The van der Waals surface area contributed by atoms with Crippen molar-refractivity contribution in [3.63, 3.8) is 0 Å². The van der Waals surface area contributed by atoms with Crippen molar-refractivity contribution in [2.24, 2.45) is 0 Å². The molecule has 1 atom stereocenters. The second-order valence-electron chi connectivity index (χ2n) is 6.48. The molecule has 0 aliphatic carbocycles. The Hall–Kier alpha value is -3.23. The minimum absolute atomic E-state index is 0.0262. The Morgan fingerprint density at radius 2 is 1.86 bits per heavy atom. The molecule has 0 bridgehead atoms. The Labute approximate surface area is 168 Å². The molecule has 0 saturated heterocycles. The van der Waals surface area contributed by atoms with E-state index in [2.05, 4.69) is 16.6 Å². The van der Waals surface area contributed by atoms with Crippen molar-refractivity contribution in [2.45, 2.75) is 12.3 Å². The number of fused-ring (bicyclic) bond motifs is 1. The number of terminal acetylenes is 1. The molecule has 0 spiro atoms. The molecular formula is C23H19NO3S. The lowest BCUT2D eigenvalue weighted by molar-refractivity contribution is -0.116. The molecule has 1 aromatic heterocycles. The van der Waals surface area contributed by atoms with Crippen LogP contribution in [0.1, 0.15) is 22.8 Å². The van der Waals surface area contributed by atoms with E-state index in [1.54, 1.807) is 18.4 Å². The molecule has 0 saturated carbocycles. The number of anilines is 1. The first-order valence-electron chi connectivity index (χ1n) is 8.91. The van der Waals surface area contributed by atoms with Gasteiger partial charge in [0.1, 0.15) is 18.1 Å². The molecule has 1 aliphatic heterocycles. The lowest BCUT2D eigenvalue weighted by Gasteiger charge is -2.24. The third-order valence-electron chi connectivity index (χ3n) is 4.80. The summed E-state index contributed by atoms with van der Waals surface area (Å²) in [6, 6.07) is 15.7. The third-order valence-corrected chi connectivity index (χ3v) is 5.89. The monoisotopic (exact) mass is 389 g/mol. The summed E-state index contributed by atoms with van der Waals surface area (Å²) in [5.74, 6) is 4.05. The predicted octanol–water partition coefficient (Wildman–Crippen LogP) is 4.91. The van der Waals surface area contributed by atoms with Gasteiger partial charge in [0.15, 0.2) is 0 Å². The number of thiophene rings is 1. The van der Waals surface area contributed by atoms with Gasteiger partial charge in [-0.25, -0.2) is 0 Å². The molecule has 0 radical (unpaired) electrons. The highest BCUT2D eigenvalue weighted by molar-refractivity contribution is 7.11. The Morgan fingerprint density at radius 1 is 1.14 bits per heavy atom. The van der Waals surface area contributed by atoms with E-state index in [0.29, 0.717) is 6.42 Å². The molecule has 140 valence electrons. The minimum atomic E-state index is 0.0262. The van der Waals surface area contributed by atoms with Crippen LogP contribution < -0.4 is 14.8 Å². The van der Waals surface area contributed by atoms with Gasteiger partial charge in [-0.2, -0.15) is 0 Å². The average Bonchev–Trinajstić information content (AvgIpc) is 3.16. The highest BCUT2D eigenvalue weighted by Gasteiger charge is 2.30. The first kappa shape index (κ1) is 18.1. The van der Waals surface area contributed by atoms with Gasteiger partial charge in [-0.3, -0.25) is 4.79 Å². The topological polar surface area (TPSA) is 47.6 Å². The first-order chi connectivity index (χ1) is 13.7. The Balaban J connectivity index is 1.67. The van der Waals surface area contributed by atoms with E-state index >= 15 is 0 Å². The molecular weight excluding hydrogens is 370 g/mol. The quantitative estimate of drug-likeness (QED) is 0.631. The minimum Gasteiger partial charge on any atom is -0.497 e. The van der Waals surface area contributed by atoms with Crippen molar-refractivity contribution in [2.75, 3.05) is 19.0 Å². The van der Waals surface area contributed by atoms with Crippen LogP contribution in [0.4, 0.5) is 5.69 Å². The van der Waals surface area contributed by atoms with Gasteiger partial charge in [-0.1, -0.05) is 30.2 Å². The lowest BCUT2D eigenvalue weighted by Crippen LogP contribution is -2.22. The molecule has 0 fully saturated rings. The van der Waals surface area contributed by atoms with Gasteiger partial charge in [-0.15, -0.1) is 17.8 Å². The summed E-state index contributed by atoms with van der Waals surface area (Å²) in [4.78, 5) is 13.6. The molecule has 3 aromatic rings. The number of benzene rings is 2. The molecule has 1 N–H and O–H groups in total. The van der Waals surface area contributed by atoms with Crippen molar-refractivity contribution in [1.82, 2.24) is 0 Å². The van der Waals surface area contributed by atoms with Crippen LogP contribution in [0.15, 0.2) is 53.9 Å². The number of hydrogen-bond donors (Lipinski definition) is 1. The highest BCUT2D eigenvalue weighted by atomic mass is 32.1. The number of carbonyl (C=O) groups excluding carboxylic acids is 1. The molecule has 1 amide bonds. The molecule has 1 aliphatic rings. The van der Waals surface area contributed by atoms with Gasteiger partial charge in [0.25, 0.3) is 0 Å². The summed E-state index contributed by atoms with van der Waals surface area (Å²) in [6.45, 7) is 0.242. The lowest BCUT2D eigenvalue weighted by atomic mass is 9.89. The Kier molecular flexibility index (Phi) is 5.05. The van der Waals surface area contributed by atoms with Crippen molar-refractivity contribution in [1.29, 1.82) is 0 Å². The zero-order valence-corrected chi connectivity index (χ0v) is 16.2. The van der Waals surface area contributed by atoms with Crippen molar-refractivity contribution in [3.05, 3.63) is 64.4 Å². The molecule has 4 rings (SSSR count). The summed E-state index contributed by atoms with van der Waals surface area (Å²) in [6.07, 6.45) is 5.66. The van der Waals surface area contributed by atoms with E-state index in [4.69, 9.17) is 15.9 Å². The second kappa shape index (κ2) is 7.79. The Bertz CT molecular complexity index is 1030. The fraction of sp³-hybridized carbons (Fsp3) is 0.174. The van der Waals surface area contributed by atoms with Gasteiger partial charge in [0.05, 0.1) is 12.8 Å². The van der Waals surface area contributed by atoms with E-state index in [1.165, 1.54) is 4.88 Å². The zero-order chi connectivity index (χ0) is 19.5. The number of amides is 1. The zero-order valence-electron chi connectivity index (χ0n) is 15.4. The highest BCUT2D eigenvalue weighted by Crippen LogP contribution is 2.46. The van der Waals surface area contributed by atoms with Crippen LogP contribution in [0.25, 0.3) is 11.1 Å². The van der Waals surface area contributed by atoms with Crippen molar-refractivity contribution >= 4 is 22.9 Å². The normalized spacial score (nSPS) is 15.3. The number of carbonyl (C=O) groups is 1. The molecule has 2 aromatic carbocycles. The van der Waals surface area contributed by atoms with Gasteiger partial charge in [0, 0.05) is 28.2 Å². The van der Waals surface area contributed by atoms with Crippen LogP contribution in [0.5, 0.6) is 11.5 Å². The average molecular weight is 389 g/mol. The number of rotatable bonds is 5. The van der Waals surface area contributed by atoms with Gasteiger partial charge in [-0.05, 0) is 35.4 Å². The van der Waals surface area contributed by atoms with Crippen LogP contribution in [0.2, 0.25) is 0 Å². The van der Waals surface area contributed by atoms with Gasteiger partial charge >= 0.3 is 0 Å². The van der Waals surface area contributed by atoms with Crippen LogP contribution in [-0.4, -0.2) is 19.6 Å². The van der Waals surface area contributed by atoms with E-state index < -0.39 is 0 Å². The van der Waals surface area contributed by atoms with Gasteiger partial charge < -0.3 is 14.8 Å². The second-order valence-corrected chi connectivity index (χ2v) is 7.40. The molecule has 28 heavy (non-hydrogen) atoms. The summed E-state index contributed by atoms with van der Waals surface area (Å²) in [7, 11) is 1.65. The third kappa shape index (κ3) is 3.47. The van der Waals surface area contributed by atoms with Crippen LogP contribution in [-0.2, 0) is 4.79 Å². The number of methoxy groups -OCH3 is 1. The fourth-order valence-electron chi connectivity index (χ4n) is 3.40. The van der Waals surface area contributed by atoms with E-state index in [-0.39, 0.29) is 18.4 Å². The van der Waals surface area contributed by atoms with E-state index in [9.17, 15) is 4.79 Å². The van der Waals surface area contributed by atoms with Crippen molar-refractivity contribution in [3.8, 4) is 35.0 Å². The summed E-state index contributed by atoms with van der Waals surface area (Å²) < 4.78 is 10.7. The van der Waals surface area contributed by atoms with Crippen LogP contribution in [0.3, 0.4) is 0 Å². The van der Waals surface area contributed by atoms with Crippen LogP contribution in [0, 0.1) is 12.3 Å². The number of nitrogens with one attached hydrogen (secondary N) is 1. The fourth-order valence-corrected chi connectivity index (χ4v) is 4.56. The largest absolute Gasteiger partial charge is 0.497 e. The predicted molar refractivity (Wildman–Crippen MR) is 112 cm³/mol. The maximum absolute atomic E-state index is 12.4. The first-order valence-corrected chi connectivity index (χ1v) is 9.79. The smallest absolute Gasteiger partial charge is 0.225 e. The molecule has 5 heteroatoms. The maximum atomic E-state index is 12.4. The number of ether oxygens (including phenoxy) is 2. The standard InChI is InChI=1S/C23H19NO3S/c1-3-12-27-18-10-6-15(7-11-18)19-13-21(25)24-22-20(14-28-23(19)22)16-4-8-17(26-2)9-5-16/h1,4-11,14,19H,12-13H2,2H3,(H,24,25)/t19-/m1/s1. The van der Waals surface area contributed by atoms with E-state index in [0.717, 1.165) is 33.9 Å².